The van der Waals surface area contributed by atoms with Crippen LogP contribution in [-0.4, -0.2) is 75.4 Å². The van der Waals surface area contributed by atoms with Crippen LogP contribution in [0.3, 0.4) is 0 Å². The molecule has 0 aliphatic carbocycles. The maximum absolute atomic E-state index is 12.6. The van der Waals surface area contributed by atoms with Crippen LogP contribution in [0, 0.1) is 12.3 Å². The summed E-state index contributed by atoms with van der Waals surface area (Å²) in [5.41, 5.74) is -0.889. The molecule has 146 valence electrons. The quantitative estimate of drug-likeness (QED) is 0.385. The first-order chi connectivity index (χ1) is 12.8. The minimum atomic E-state index is -2.98. The summed E-state index contributed by atoms with van der Waals surface area (Å²) >= 11 is 0. The van der Waals surface area contributed by atoms with Crippen LogP contribution in [0.2, 0.25) is 0 Å². The normalized spacial score (nSPS) is 32.8. The third kappa shape index (κ3) is 3.45. The van der Waals surface area contributed by atoms with E-state index >= 15 is 0 Å². The molecule has 2 bridgehead atoms. The molecular formula is C16H21N3O7P+. The number of aliphatic hydroxyl groups excluding tert-OH is 1. The lowest BCUT2D eigenvalue weighted by molar-refractivity contribution is -0.176. The molecule has 11 heteroatoms. The van der Waals surface area contributed by atoms with Crippen LogP contribution < -0.4 is 5.32 Å². The highest BCUT2D eigenvalue weighted by Crippen LogP contribution is 2.47. The highest BCUT2D eigenvalue weighted by atomic mass is 31.1. The lowest BCUT2D eigenvalue weighted by Crippen LogP contribution is -2.58. The molecule has 0 radical (unpaired) electrons. The first kappa shape index (κ1) is 19.7. The minimum absolute atomic E-state index is 0.0187. The van der Waals surface area contributed by atoms with Crippen molar-refractivity contribution >= 4 is 20.1 Å². The van der Waals surface area contributed by atoms with Crippen molar-refractivity contribution in [2.24, 2.45) is 0 Å². The lowest BCUT2D eigenvalue weighted by atomic mass is 10.0. The molecule has 27 heavy (non-hydrogen) atoms. The fourth-order valence-electron chi connectivity index (χ4n) is 3.77. The van der Waals surface area contributed by atoms with E-state index in [4.69, 9.17) is 15.7 Å². The maximum Gasteiger partial charge on any atom is 0.695 e. The predicted octanol–water partition coefficient (Wildman–Crippen LogP) is -0.974. The topological polar surface area (TPSA) is 129 Å². The molecule has 5 atom stereocenters. The number of amides is 2. The summed E-state index contributed by atoms with van der Waals surface area (Å²) in [4.78, 5) is 36.7. The van der Waals surface area contributed by atoms with Crippen molar-refractivity contribution in [1.29, 1.82) is 0 Å². The molecule has 2 amide bonds. The number of fused-ring (bicyclic) bond motifs is 2. The Hall–Kier alpha value is -2.02. The second-order valence-corrected chi connectivity index (χ2v) is 7.39. The van der Waals surface area contributed by atoms with Gasteiger partial charge in [0.15, 0.2) is 12.3 Å². The van der Waals surface area contributed by atoms with Gasteiger partial charge < -0.3 is 25.0 Å². The van der Waals surface area contributed by atoms with Gasteiger partial charge in [0, 0.05) is 29.2 Å². The Kier molecular flexibility index (Phi) is 5.51. The smallest absolute Gasteiger partial charge is 0.393 e. The molecule has 2 saturated heterocycles. The van der Waals surface area contributed by atoms with Gasteiger partial charge in [-0.2, -0.15) is 0 Å². The van der Waals surface area contributed by atoms with Crippen molar-refractivity contribution in [3.8, 4) is 12.3 Å². The summed E-state index contributed by atoms with van der Waals surface area (Å²) in [5.74, 6) is 1.92. The van der Waals surface area contributed by atoms with Crippen molar-refractivity contribution in [3.63, 3.8) is 0 Å². The average molecular weight is 398 g/mol. The molecule has 3 aliphatic heterocycles. The average Bonchev–Trinajstić information content (AvgIpc) is 3.11. The summed E-state index contributed by atoms with van der Waals surface area (Å²) < 4.78 is 22.5. The van der Waals surface area contributed by atoms with E-state index in [0.29, 0.717) is 5.57 Å². The Labute approximate surface area is 157 Å². The first-order valence-electron chi connectivity index (χ1n) is 8.40. The van der Waals surface area contributed by atoms with E-state index in [1.54, 1.807) is 18.0 Å². The number of aliphatic hydroxyl groups is 1. The molecule has 0 aromatic rings. The number of nitrogens with zero attached hydrogens (tertiary/aromatic N) is 2. The minimum Gasteiger partial charge on any atom is -0.393 e. The number of hydrogen-bond acceptors (Lipinski definition) is 7. The van der Waals surface area contributed by atoms with Crippen LogP contribution in [0.15, 0.2) is 11.8 Å². The molecule has 3 aliphatic rings. The number of carbonyl (C=O) groups is 2. The Morgan fingerprint density at radius 1 is 1.63 bits per heavy atom. The van der Waals surface area contributed by atoms with E-state index in [0.717, 1.165) is 0 Å². The van der Waals surface area contributed by atoms with Gasteiger partial charge in [0.05, 0.1) is 19.8 Å². The van der Waals surface area contributed by atoms with Crippen LogP contribution in [-0.2, 0) is 23.4 Å². The van der Waals surface area contributed by atoms with Crippen LogP contribution in [0.4, 0.5) is 0 Å². The molecule has 10 nitrogen and oxygen atoms in total. The van der Waals surface area contributed by atoms with Gasteiger partial charge in [-0.3, -0.25) is 9.59 Å². The van der Waals surface area contributed by atoms with Gasteiger partial charge in [0.25, 0.3) is 0 Å². The van der Waals surface area contributed by atoms with Gasteiger partial charge in [-0.05, 0) is 6.92 Å². The van der Waals surface area contributed by atoms with Gasteiger partial charge >= 0.3 is 8.25 Å². The van der Waals surface area contributed by atoms with Gasteiger partial charge in [-0.1, -0.05) is 0 Å². The maximum atomic E-state index is 12.6. The number of morpholine rings is 1. The number of hydrogen-bond donors (Lipinski definition) is 3. The summed E-state index contributed by atoms with van der Waals surface area (Å²) in [5, 5.41) is 12.6. The second-order valence-electron chi connectivity index (χ2n) is 6.70. The molecule has 0 saturated carbocycles. The Balaban J connectivity index is 1.94. The summed E-state index contributed by atoms with van der Waals surface area (Å²) in [6, 6.07) is -0.743. The number of terminal acetylenes is 1. The van der Waals surface area contributed by atoms with E-state index in [1.807, 2.05) is 0 Å². The number of carbonyl (C=O) groups excluding carboxylic acids is 2. The fraction of sp³-hybridized carbons (Fsp3) is 0.625. The number of ether oxygens (including phenoxy) is 1. The Morgan fingerprint density at radius 2 is 2.37 bits per heavy atom. The van der Waals surface area contributed by atoms with Crippen molar-refractivity contribution < 1.29 is 33.4 Å². The fourth-order valence-corrected chi connectivity index (χ4v) is 4.28. The Bertz CT molecular complexity index is 736. The summed E-state index contributed by atoms with van der Waals surface area (Å²) in [7, 11) is -2.98. The third-order valence-electron chi connectivity index (χ3n) is 5.02. The summed E-state index contributed by atoms with van der Waals surface area (Å²) in [6.07, 6.45) is 5.41. The van der Waals surface area contributed by atoms with Gasteiger partial charge in [-0.25, -0.2) is 0 Å². The predicted molar refractivity (Wildman–Crippen MR) is 91.6 cm³/mol. The molecule has 5 unspecified atom stereocenters. The Morgan fingerprint density at radius 3 is 2.96 bits per heavy atom. The zero-order chi connectivity index (χ0) is 19.8. The van der Waals surface area contributed by atoms with E-state index in [-0.39, 0.29) is 37.9 Å². The summed E-state index contributed by atoms with van der Waals surface area (Å²) in [6.45, 7) is 1.27. The molecule has 2 fully saturated rings. The molecule has 0 aromatic heterocycles. The second kappa shape index (κ2) is 7.54. The molecule has 3 N–H and O–H groups in total. The van der Waals surface area contributed by atoms with Crippen LogP contribution in [0.1, 0.15) is 19.8 Å². The molecule has 3 rings (SSSR count). The highest BCUT2D eigenvalue weighted by molar-refractivity contribution is 7.32. The van der Waals surface area contributed by atoms with Crippen LogP contribution >= 0.6 is 8.25 Å². The van der Waals surface area contributed by atoms with Crippen molar-refractivity contribution in [1.82, 2.24) is 15.1 Å². The lowest BCUT2D eigenvalue weighted by Gasteiger charge is -2.42. The zero-order valence-corrected chi connectivity index (χ0v) is 15.6. The standard InChI is InChI=1S/C16H20N3O7P/c1-3-4-5-11(21)19-7-16(8-20)13(26-27(23)24)12(19)15(25-16)18-6-10(2)14(22)17-9-18/h1,6,12-13,15,20H,4-5,7-9H2,2H3,(H-,17,22,23,24)/p+1. The number of likely N-dealkylation sites (tertiary alicyclic amines) is 1. The monoisotopic (exact) mass is 398 g/mol. The van der Waals surface area contributed by atoms with E-state index in [2.05, 4.69) is 11.2 Å². The SMILES string of the molecule is C#CCCC(=O)N1CC2(CO)OC(N3C=C(C)C(=O)NC3)C1C2O[P+](=O)O. The molecule has 0 spiro atoms. The van der Waals surface area contributed by atoms with Crippen molar-refractivity contribution in [3.05, 3.63) is 11.8 Å². The van der Waals surface area contributed by atoms with Crippen molar-refractivity contribution in [2.45, 2.75) is 43.7 Å². The molecular weight excluding hydrogens is 377 g/mol. The van der Waals surface area contributed by atoms with Crippen LogP contribution in [0.25, 0.3) is 0 Å². The van der Waals surface area contributed by atoms with Gasteiger partial charge in [-0.15, -0.1) is 21.8 Å². The van der Waals surface area contributed by atoms with E-state index < -0.39 is 38.8 Å². The van der Waals surface area contributed by atoms with E-state index in [1.165, 1.54) is 4.90 Å². The largest absolute Gasteiger partial charge is 0.695 e. The highest BCUT2D eigenvalue weighted by Gasteiger charge is 2.69. The first-order valence-corrected chi connectivity index (χ1v) is 9.53. The van der Waals surface area contributed by atoms with E-state index in [9.17, 15) is 24.2 Å². The number of nitrogens with one attached hydrogen (secondary N) is 1. The molecule has 3 heterocycles. The van der Waals surface area contributed by atoms with Gasteiger partial charge in [0.2, 0.25) is 11.8 Å². The third-order valence-corrected chi connectivity index (χ3v) is 5.42. The molecule has 0 aromatic carbocycles. The zero-order valence-electron chi connectivity index (χ0n) is 14.7. The van der Waals surface area contributed by atoms with Gasteiger partial charge in [0.1, 0.15) is 11.6 Å². The van der Waals surface area contributed by atoms with Crippen LogP contribution in [0.5, 0.6) is 0 Å². The van der Waals surface area contributed by atoms with Crippen molar-refractivity contribution in [2.75, 3.05) is 19.8 Å². The number of rotatable bonds is 6.